The molecule has 0 spiro atoms. The number of nitrogens with zero attached hydrogens (tertiary/aromatic N) is 2. The lowest BCUT2D eigenvalue weighted by Crippen LogP contribution is -2.46. The number of benzene rings is 1. The van der Waals surface area contributed by atoms with E-state index in [0.717, 1.165) is 65.2 Å². The van der Waals surface area contributed by atoms with E-state index in [1.54, 1.807) is 0 Å². The first-order valence-electron chi connectivity index (χ1n) is 14.2. The molecule has 1 fully saturated rings. The van der Waals surface area contributed by atoms with Gasteiger partial charge in [-0.05, 0) is 73.4 Å². The summed E-state index contributed by atoms with van der Waals surface area (Å²) >= 11 is 0. The van der Waals surface area contributed by atoms with E-state index in [1.807, 2.05) is 0 Å². The number of rotatable bonds is 17. The monoisotopic (exact) mass is 500 g/mol. The van der Waals surface area contributed by atoms with Crippen LogP contribution in [0.3, 0.4) is 0 Å². The summed E-state index contributed by atoms with van der Waals surface area (Å²) < 4.78 is 16.7. The van der Waals surface area contributed by atoms with Gasteiger partial charge in [0.1, 0.15) is 0 Å². The van der Waals surface area contributed by atoms with Crippen molar-refractivity contribution in [2.75, 3.05) is 77.3 Å². The summed E-state index contributed by atoms with van der Waals surface area (Å²) in [5.41, 5.74) is 6.91. The van der Waals surface area contributed by atoms with Crippen molar-refractivity contribution < 1.29 is 14.2 Å². The topological polar surface area (TPSA) is 34.2 Å². The first kappa shape index (κ1) is 30.6. The van der Waals surface area contributed by atoms with E-state index in [9.17, 15) is 0 Å². The van der Waals surface area contributed by atoms with Gasteiger partial charge >= 0.3 is 0 Å². The molecule has 0 bridgehead atoms. The summed E-state index contributed by atoms with van der Waals surface area (Å²) in [6.07, 6.45) is 7.86. The number of hydrogen-bond donors (Lipinski definition) is 0. The third kappa shape index (κ3) is 10.4. The van der Waals surface area contributed by atoms with Crippen LogP contribution < -0.4 is 4.90 Å². The largest absolute Gasteiger partial charge is 0.379 e. The Balaban J connectivity index is 1.71. The quantitative estimate of drug-likeness (QED) is 0.184. The number of ether oxygens (including phenoxy) is 3. The van der Waals surface area contributed by atoms with Crippen LogP contribution >= 0.6 is 0 Å². The van der Waals surface area contributed by atoms with Crippen LogP contribution in [0.2, 0.25) is 0 Å². The van der Waals surface area contributed by atoms with E-state index in [4.69, 9.17) is 14.2 Å². The Kier molecular flexibility index (Phi) is 15.1. The second-order valence-electron chi connectivity index (χ2n) is 9.94. The summed E-state index contributed by atoms with van der Waals surface area (Å²) in [6.45, 7) is 23.1. The van der Waals surface area contributed by atoms with Gasteiger partial charge in [-0.25, -0.2) is 0 Å². The van der Waals surface area contributed by atoms with Gasteiger partial charge in [-0.2, -0.15) is 0 Å². The SMILES string of the molecule is C/C=C(\C(=C/CC)C(C)C)c1ccc(N2CCN(CCCOCCOCCOCCC)CC2)cc1C. The minimum atomic E-state index is 0.525. The highest BCUT2D eigenvalue weighted by molar-refractivity contribution is 5.81. The normalized spacial score (nSPS) is 15.8. The van der Waals surface area contributed by atoms with Crippen LogP contribution in [0.25, 0.3) is 5.57 Å². The van der Waals surface area contributed by atoms with Crippen molar-refractivity contribution >= 4 is 11.3 Å². The molecule has 1 aromatic rings. The predicted octanol–water partition coefficient (Wildman–Crippen LogP) is 6.36. The maximum Gasteiger partial charge on any atom is 0.0701 e. The minimum absolute atomic E-state index is 0.525. The molecule has 1 saturated heterocycles. The van der Waals surface area contributed by atoms with Crippen LogP contribution in [0.5, 0.6) is 0 Å². The maximum atomic E-state index is 5.73. The third-order valence-corrected chi connectivity index (χ3v) is 6.74. The fourth-order valence-corrected chi connectivity index (χ4v) is 4.81. The highest BCUT2D eigenvalue weighted by Gasteiger charge is 2.19. The average molecular weight is 501 g/mol. The van der Waals surface area contributed by atoms with E-state index < -0.39 is 0 Å². The molecule has 0 radical (unpaired) electrons. The van der Waals surface area contributed by atoms with E-state index in [2.05, 4.69) is 81.7 Å². The van der Waals surface area contributed by atoms with Crippen LogP contribution in [0.4, 0.5) is 5.69 Å². The molecular formula is C31H52N2O3. The third-order valence-electron chi connectivity index (χ3n) is 6.74. The fourth-order valence-electron chi connectivity index (χ4n) is 4.81. The van der Waals surface area contributed by atoms with E-state index >= 15 is 0 Å². The van der Waals surface area contributed by atoms with Crippen molar-refractivity contribution in [1.29, 1.82) is 0 Å². The van der Waals surface area contributed by atoms with Crippen LogP contribution in [-0.2, 0) is 14.2 Å². The van der Waals surface area contributed by atoms with Gasteiger partial charge in [0, 0.05) is 51.6 Å². The fraction of sp³-hybridized carbons (Fsp3) is 0.677. The second-order valence-corrected chi connectivity index (χ2v) is 9.94. The Morgan fingerprint density at radius 1 is 0.917 bits per heavy atom. The van der Waals surface area contributed by atoms with Gasteiger partial charge in [-0.1, -0.05) is 45.9 Å². The molecule has 0 aliphatic carbocycles. The lowest BCUT2D eigenvalue weighted by Gasteiger charge is -2.36. The highest BCUT2D eigenvalue weighted by Crippen LogP contribution is 2.33. The molecule has 1 aliphatic rings. The zero-order valence-electron chi connectivity index (χ0n) is 24.0. The minimum Gasteiger partial charge on any atom is -0.379 e. The van der Waals surface area contributed by atoms with Gasteiger partial charge in [0.25, 0.3) is 0 Å². The van der Waals surface area contributed by atoms with Crippen LogP contribution in [0, 0.1) is 12.8 Å². The molecule has 0 unspecified atom stereocenters. The molecule has 0 saturated carbocycles. The lowest BCUT2D eigenvalue weighted by atomic mass is 9.87. The first-order chi connectivity index (χ1) is 17.5. The Bertz CT molecular complexity index is 795. The maximum absolute atomic E-state index is 5.73. The van der Waals surface area contributed by atoms with Gasteiger partial charge in [-0.15, -0.1) is 0 Å². The van der Waals surface area contributed by atoms with Crippen molar-refractivity contribution in [2.45, 2.75) is 60.8 Å². The van der Waals surface area contributed by atoms with E-state index in [0.29, 0.717) is 32.3 Å². The molecular weight excluding hydrogens is 448 g/mol. The van der Waals surface area contributed by atoms with Crippen LogP contribution in [0.15, 0.2) is 35.9 Å². The lowest BCUT2D eigenvalue weighted by molar-refractivity contribution is 0.0131. The van der Waals surface area contributed by atoms with E-state index in [1.165, 1.54) is 28.0 Å². The van der Waals surface area contributed by atoms with Crippen molar-refractivity contribution in [1.82, 2.24) is 4.90 Å². The van der Waals surface area contributed by atoms with Crippen LogP contribution in [-0.4, -0.2) is 77.3 Å². The van der Waals surface area contributed by atoms with Gasteiger partial charge < -0.3 is 19.1 Å². The van der Waals surface area contributed by atoms with Gasteiger partial charge in [-0.3, -0.25) is 4.90 Å². The van der Waals surface area contributed by atoms with Crippen molar-refractivity contribution in [3.05, 3.63) is 47.1 Å². The standard InChI is InChI=1S/C31H52N2O3/c1-7-11-30(26(4)5)29(9-3)31-13-12-28(25-27(31)6)33-17-15-32(16-18-33)14-10-20-35-22-24-36-23-21-34-19-8-2/h9,11-13,25-26H,7-8,10,14-24H2,1-6H3/b29-9+,30-11-. The number of aryl methyl sites for hydroxylation is 1. The van der Waals surface area contributed by atoms with Gasteiger partial charge in [0.2, 0.25) is 0 Å². The zero-order chi connectivity index (χ0) is 26.2. The molecule has 5 nitrogen and oxygen atoms in total. The number of allylic oxidation sites excluding steroid dienone is 4. The molecule has 5 heteroatoms. The summed E-state index contributed by atoms with van der Waals surface area (Å²) in [5, 5.41) is 0. The van der Waals surface area contributed by atoms with Gasteiger partial charge in [0.15, 0.2) is 0 Å². The van der Waals surface area contributed by atoms with Gasteiger partial charge in [0.05, 0.1) is 26.4 Å². The predicted molar refractivity (Wildman–Crippen MR) is 154 cm³/mol. The molecule has 0 aromatic heterocycles. The summed E-state index contributed by atoms with van der Waals surface area (Å²) in [5.74, 6) is 0.525. The molecule has 2 rings (SSSR count). The second kappa shape index (κ2) is 17.7. The molecule has 204 valence electrons. The number of hydrogen-bond acceptors (Lipinski definition) is 5. The molecule has 1 heterocycles. The molecule has 1 aliphatic heterocycles. The molecule has 1 aromatic carbocycles. The first-order valence-corrected chi connectivity index (χ1v) is 14.2. The number of piperazine rings is 1. The van der Waals surface area contributed by atoms with Crippen molar-refractivity contribution in [3.8, 4) is 0 Å². The average Bonchev–Trinajstić information content (AvgIpc) is 2.88. The smallest absolute Gasteiger partial charge is 0.0701 e. The molecule has 0 amide bonds. The van der Waals surface area contributed by atoms with E-state index in [-0.39, 0.29) is 0 Å². The Labute approximate surface area is 221 Å². The molecule has 0 atom stereocenters. The Morgan fingerprint density at radius 2 is 1.56 bits per heavy atom. The molecule has 0 N–H and O–H groups in total. The summed E-state index contributed by atoms with van der Waals surface area (Å²) in [6, 6.07) is 7.03. The zero-order valence-corrected chi connectivity index (χ0v) is 24.0. The Hall–Kier alpha value is -1.66. The summed E-state index contributed by atoms with van der Waals surface area (Å²) in [7, 11) is 0. The highest BCUT2D eigenvalue weighted by atomic mass is 16.5. The molecule has 36 heavy (non-hydrogen) atoms. The van der Waals surface area contributed by atoms with Crippen molar-refractivity contribution in [3.63, 3.8) is 0 Å². The number of anilines is 1. The summed E-state index contributed by atoms with van der Waals surface area (Å²) in [4.78, 5) is 5.09. The van der Waals surface area contributed by atoms with Crippen LogP contribution in [0.1, 0.15) is 65.0 Å². The Morgan fingerprint density at radius 3 is 2.11 bits per heavy atom. The van der Waals surface area contributed by atoms with Crippen molar-refractivity contribution in [2.24, 2.45) is 5.92 Å².